The summed E-state index contributed by atoms with van der Waals surface area (Å²) in [6.07, 6.45) is -1.29. The summed E-state index contributed by atoms with van der Waals surface area (Å²) in [7, 11) is 0. The molecule has 0 amide bonds. The highest BCUT2D eigenvalue weighted by Crippen LogP contribution is 2.36. The van der Waals surface area contributed by atoms with E-state index in [9.17, 15) is 20.3 Å². The quantitative estimate of drug-likeness (QED) is 0.327. The summed E-state index contributed by atoms with van der Waals surface area (Å²) in [6.45, 7) is -0.324. The summed E-state index contributed by atoms with van der Waals surface area (Å²) >= 11 is 1.06. The molecular weight excluding hydrogens is 290 g/mol. The molecule has 0 radical (unpaired) electrons. The van der Waals surface area contributed by atoms with E-state index in [1.165, 1.54) is 0 Å². The maximum Gasteiger partial charge on any atom is 0.353 e. The number of nitrogens with two attached hydrogens (primary N) is 1. The average Bonchev–Trinajstić information content (AvgIpc) is 2.66. The number of aliphatic hydroxyl groups excluding tert-OH is 3. The Hall–Kier alpha value is -1.69. The summed E-state index contributed by atoms with van der Waals surface area (Å²) in [5.41, 5.74) is 4.92. The van der Waals surface area contributed by atoms with Crippen LogP contribution in [-0.4, -0.2) is 59.6 Å². The number of anilines is 2. The lowest BCUT2D eigenvalue weighted by Gasteiger charge is -2.17. The Balaban J connectivity index is 2.23. The van der Waals surface area contributed by atoms with Crippen molar-refractivity contribution in [1.29, 1.82) is 0 Å². The van der Waals surface area contributed by atoms with Crippen LogP contribution in [0, 0.1) is 10.1 Å². The Morgan fingerprint density at radius 3 is 2.70 bits per heavy atom. The molecule has 4 atom stereocenters. The molecule has 1 aliphatic rings. The predicted molar refractivity (Wildman–Crippen MR) is 71.0 cm³/mol. The molecule has 0 aliphatic carbocycles. The van der Waals surface area contributed by atoms with Crippen LogP contribution in [0.25, 0.3) is 0 Å². The molecule has 2 rings (SSSR count). The molecule has 1 aromatic heterocycles. The number of nitro groups is 1. The molecule has 0 bridgehead atoms. The molecule has 20 heavy (non-hydrogen) atoms. The smallest absolute Gasteiger partial charge is 0.353 e. The van der Waals surface area contributed by atoms with Crippen molar-refractivity contribution in [2.24, 2.45) is 0 Å². The minimum Gasteiger partial charge on any atom is -0.395 e. The van der Waals surface area contributed by atoms with E-state index in [0.29, 0.717) is 0 Å². The van der Waals surface area contributed by atoms with Gasteiger partial charge in [0.1, 0.15) is 17.8 Å². The van der Waals surface area contributed by atoms with Gasteiger partial charge in [0.15, 0.2) is 0 Å². The van der Waals surface area contributed by atoms with Crippen LogP contribution in [0.15, 0.2) is 6.33 Å². The number of rotatable bonds is 4. The summed E-state index contributed by atoms with van der Waals surface area (Å²) < 4.78 is 0. The zero-order valence-corrected chi connectivity index (χ0v) is 10.9. The molecule has 110 valence electrons. The highest BCUT2D eigenvalue weighted by molar-refractivity contribution is 8.01. The third-order valence-corrected chi connectivity index (χ3v) is 4.32. The second kappa shape index (κ2) is 5.75. The molecule has 2 heterocycles. The topological polar surface area (TPSA) is 168 Å². The number of aliphatic hydroxyl groups is 3. The Labute approximate surface area is 117 Å². The molecule has 1 aromatic rings. The zero-order valence-electron chi connectivity index (χ0n) is 10.1. The van der Waals surface area contributed by atoms with Gasteiger partial charge in [-0.15, -0.1) is 11.8 Å². The van der Waals surface area contributed by atoms with Crippen molar-refractivity contribution in [2.45, 2.75) is 22.8 Å². The van der Waals surface area contributed by atoms with Gasteiger partial charge in [0.05, 0.1) is 22.9 Å². The van der Waals surface area contributed by atoms with E-state index in [-0.39, 0.29) is 18.2 Å². The first-order valence-electron chi connectivity index (χ1n) is 5.59. The number of hydrogen-bond acceptors (Lipinski definition) is 10. The van der Waals surface area contributed by atoms with Gasteiger partial charge in [-0.25, -0.2) is 9.97 Å². The fraction of sp³-hybridized carbons (Fsp3) is 0.556. The van der Waals surface area contributed by atoms with Gasteiger partial charge in [0, 0.05) is 0 Å². The normalized spacial score (nSPS) is 29.4. The number of hydrogen-bond donors (Lipinski definition) is 5. The molecule has 1 aliphatic heterocycles. The lowest BCUT2D eigenvalue weighted by molar-refractivity contribution is -0.383. The lowest BCUT2D eigenvalue weighted by Crippen LogP contribution is -2.36. The molecule has 1 saturated heterocycles. The van der Waals surface area contributed by atoms with Crippen LogP contribution in [0.5, 0.6) is 0 Å². The fourth-order valence-corrected chi connectivity index (χ4v) is 3.12. The predicted octanol–water partition coefficient (Wildman–Crippen LogP) is -1.47. The first kappa shape index (κ1) is 14.7. The Morgan fingerprint density at radius 1 is 1.45 bits per heavy atom. The van der Waals surface area contributed by atoms with Crippen molar-refractivity contribution >= 4 is 29.1 Å². The molecule has 0 spiro atoms. The van der Waals surface area contributed by atoms with Crippen LogP contribution < -0.4 is 11.1 Å². The van der Waals surface area contributed by atoms with Crippen molar-refractivity contribution in [3.05, 3.63) is 16.4 Å². The summed E-state index contributed by atoms with van der Waals surface area (Å²) in [5.74, 6) is -0.450. The molecule has 0 saturated carbocycles. The second-order valence-electron chi connectivity index (χ2n) is 4.12. The van der Waals surface area contributed by atoms with E-state index in [1.807, 2.05) is 0 Å². The molecular formula is C9H13N5O5S. The fourth-order valence-electron chi connectivity index (χ4n) is 1.83. The van der Waals surface area contributed by atoms with E-state index < -0.39 is 33.4 Å². The zero-order chi connectivity index (χ0) is 14.9. The summed E-state index contributed by atoms with van der Waals surface area (Å²) in [6, 6.07) is 0. The van der Waals surface area contributed by atoms with Crippen molar-refractivity contribution in [3.63, 3.8) is 0 Å². The molecule has 1 fully saturated rings. The van der Waals surface area contributed by atoms with Gasteiger partial charge in [0.2, 0.25) is 11.6 Å². The molecule has 10 nitrogen and oxygen atoms in total. The van der Waals surface area contributed by atoms with Gasteiger partial charge in [-0.05, 0) is 0 Å². The van der Waals surface area contributed by atoms with Crippen LogP contribution in [0.4, 0.5) is 17.3 Å². The largest absolute Gasteiger partial charge is 0.395 e. The van der Waals surface area contributed by atoms with Crippen molar-refractivity contribution < 1.29 is 20.2 Å². The van der Waals surface area contributed by atoms with Gasteiger partial charge in [-0.3, -0.25) is 10.1 Å². The summed E-state index contributed by atoms with van der Waals surface area (Å²) in [5, 5.41) is 40.8. The number of nitrogens with zero attached hydrogens (tertiary/aromatic N) is 3. The van der Waals surface area contributed by atoms with Gasteiger partial charge in [0.25, 0.3) is 0 Å². The maximum atomic E-state index is 10.9. The standard InChI is InChI=1S/C9H13N5O5S/c10-7-4(14(18)19)8(12-2-11-7)13-9-6(17)5(16)3(1-15)20-9/h2-3,5-6,9,15-17H,1H2,(H3,10,11,12,13)/t3-,5-,6-,9-/m1/s1. The molecule has 11 heteroatoms. The number of nitrogens with one attached hydrogen (secondary N) is 1. The van der Waals surface area contributed by atoms with E-state index >= 15 is 0 Å². The van der Waals surface area contributed by atoms with Crippen molar-refractivity contribution in [1.82, 2.24) is 9.97 Å². The average molecular weight is 303 g/mol. The number of nitrogen functional groups attached to an aromatic ring is 1. The summed E-state index contributed by atoms with van der Waals surface area (Å²) in [4.78, 5) is 17.4. The minimum atomic E-state index is -1.20. The Morgan fingerprint density at radius 2 is 2.15 bits per heavy atom. The Kier molecular flexibility index (Phi) is 4.23. The highest BCUT2D eigenvalue weighted by Gasteiger charge is 2.42. The molecule has 0 unspecified atom stereocenters. The highest BCUT2D eigenvalue weighted by atomic mass is 32.2. The van der Waals surface area contributed by atoms with E-state index in [2.05, 4.69) is 15.3 Å². The molecule has 6 N–H and O–H groups in total. The third-order valence-electron chi connectivity index (χ3n) is 2.85. The van der Waals surface area contributed by atoms with Gasteiger partial charge in [-0.1, -0.05) is 0 Å². The van der Waals surface area contributed by atoms with Crippen LogP contribution in [0.2, 0.25) is 0 Å². The first-order valence-corrected chi connectivity index (χ1v) is 6.53. The van der Waals surface area contributed by atoms with E-state index in [4.69, 9.17) is 10.8 Å². The molecule has 0 aromatic carbocycles. The van der Waals surface area contributed by atoms with Crippen molar-refractivity contribution in [2.75, 3.05) is 17.7 Å². The van der Waals surface area contributed by atoms with E-state index in [0.717, 1.165) is 18.1 Å². The minimum absolute atomic E-state index is 0.148. The van der Waals surface area contributed by atoms with E-state index in [1.54, 1.807) is 0 Å². The van der Waals surface area contributed by atoms with Gasteiger partial charge >= 0.3 is 5.69 Å². The number of aromatic nitrogens is 2. The monoisotopic (exact) mass is 303 g/mol. The third kappa shape index (κ3) is 2.60. The second-order valence-corrected chi connectivity index (χ2v) is 5.50. The Bertz CT molecular complexity index is 518. The first-order chi connectivity index (χ1) is 9.45. The van der Waals surface area contributed by atoms with Crippen LogP contribution in [0.3, 0.4) is 0 Å². The maximum absolute atomic E-state index is 10.9. The van der Waals surface area contributed by atoms with Crippen LogP contribution in [-0.2, 0) is 0 Å². The van der Waals surface area contributed by atoms with Gasteiger partial charge < -0.3 is 26.4 Å². The number of thioether (sulfide) groups is 1. The van der Waals surface area contributed by atoms with Gasteiger partial charge in [-0.2, -0.15) is 0 Å². The van der Waals surface area contributed by atoms with Crippen LogP contribution in [0.1, 0.15) is 0 Å². The lowest BCUT2D eigenvalue weighted by atomic mass is 10.1. The SMILES string of the molecule is Nc1ncnc(N[C@@H]2S[C@H](CO)[C@@H](O)[C@H]2O)c1[N+](=O)[O-]. The van der Waals surface area contributed by atoms with Crippen molar-refractivity contribution in [3.8, 4) is 0 Å². The van der Waals surface area contributed by atoms with Crippen LogP contribution >= 0.6 is 11.8 Å².